The van der Waals surface area contributed by atoms with Gasteiger partial charge in [0.05, 0.1) is 0 Å². The topological polar surface area (TPSA) is 0 Å². The second kappa shape index (κ2) is 3.41. The number of hydrogen-bond donors (Lipinski definition) is 0. The van der Waals surface area contributed by atoms with Gasteiger partial charge in [-0.15, -0.1) is 0 Å². The third-order valence-corrected chi connectivity index (χ3v) is 1.51. The zero-order chi connectivity index (χ0) is 6.15. The van der Waals surface area contributed by atoms with Crippen LogP contribution in [0.3, 0.4) is 0 Å². The van der Waals surface area contributed by atoms with Gasteiger partial charge in [0.1, 0.15) is 0 Å². The van der Waals surface area contributed by atoms with Crippen molar-refractivity contribution in [3.63, 3.8) is 0 Å². The molecule has 0 nitrogen and oxygen atoms in total. The Bertz CT molecular complexity index is 167. The molecule has 0 aliphatic carbocycles. The summed E-state index contributed by atoms with van der Waals surface area (Å²) in [5.74, 6) is 0. The second-order valence-corrected chi connectivity index (χ2v) is 2.40. The molecule has 0 spiro atoms. The average molecular weight is 198 g/mol. The molecule has 0 saturated heterocycles. The van der Waals surface area contributed by atoms with E-state index in [4.69, 9.17) is 0 Å². The molecule has 1 aromatic rings. The van der Waals surface area contributed by atoms with Crippen LogP contribution in [0.2, 0.25) is 0 Å². The van der Waals surface area contributed by atoms with Gasteiger partial charge in [0, 0.05) is 26.2 Å². The van der Waals surface area contributed by atoms with Gasteiger partial charge in [-0.2, -0.15) is 22.8 Å². The Morgan fingerprint density at radius 1 is 1.22 bits per heavy atom. The van der Waals surface area contributed by atoms with Gasteiger partial charge in [-0.25, -0.2) is 6.07 Å². The van der Waals surface area contributed by atoms with Gasteiger partial charge in [0.25, 0.3) is 0 Å². The first-order valence-corrected chi connectivity index (χ1v) is 2.90. The molecule has 0 bridgehead atoms. The fourth-order valence-electron chi connectivity index (χ4n) is 0.952. The quantitative estimate of drug-likeness (QED) is 0.561. The van der Waals surface area contributed by atoms with Crippen molar-refractivity contribution in [2.45, 2.75) is 20.8 Å². The molecule has 0 fully saturated rings. The van der Waals surface area contributed by atoms with Crippen molar-refractivity contribution in [1.29, 1.82) is 0 Å². The summed E-state index contributed by atoms with van der Waals surface area (Å²) in [7, 11) is 0. The van der Waals surface area contributed by atoms with Gasteiger partial charge in [0.15, 0.2) is 0 Å². The molecule has 0 N–H and O–H groups in total. The van der Waals surface area contributed by atoms with E-state index in [9.17, 15) is 0 Å². The molecule has 0 amide bonds. The first-order valence-electron chi connectivity index (χ1n) is 2.90. The molecule has 1 aromatic carbocycles. The molecule has 0 saturated carbocycles. The molecular weight excluding hydrogens is 187 g/mol. The third-order valence-electron chi connectivity index (χ3n) is 1.51. The predicted molar refractivity (Wildman–Crippen MR) is 36.2 cm³/mol. The van der Waals surface area contributed by atoms with Gasteiger partial charge in [-0.1, -0.05) is 20.8 Å². The van der Waals surface area contributed by atoms with Crippen LogP contribution in [0.15, 0.2) is 12.1 Å². The summed E-state index contributed by atoms with van der Waals surface area (Å²) in [4.78, 5) is 0. The van der Waals surface area contributed by atoms with Gasteiger partial charge in [0.2, 0.25) is 0 Å². The average Bonchev–Trinajstić information content (AvgIpc) is 1.85. The predicted octanol–water partition coefficient (Wildman–Crippen LogP) is 2.33. The molecule has 0 aliphatic heterocycles. The van der Waals surface area contributed by atoms with Crippen molar-refractivity contribution < 1.29 is 26.2 Å². The van der Waals surface area contributed by atoms with E-state index >= 15 is 0 Å². The van der Waals surface area contributed by atoms with Gasteiger partial charge >= 0.3 is 0 Å². The fourth-order valence-corrected chi connectivity index (χ4v) is 0.952. The Hall–Kier alpha value is 0.233. The summed E-state index contributed by atoms with van der Waals surface area (Å²) in [6, 6.07) is 4.41. The van der Waals surface area contributed by atoms with Crippen LogP contribution in [0.25, 0.3) is 0 Å². The fraction of sp³-hybridized carbons (Fsp3) is 0.375. The van der Waals surface area contributed by atoms with Crippen LogP contribution < -0.4 is 0 Å². The van der Waals surface area contributed by atoms with Crippen molar-refractivity contribution in [1.82, 2.24) is 0 Å². The second-order valence-electron chi connectivity index (χ2n) is 2.40. The standard InChI is InChI=1S/C8H11.Zr/c1-6-4-7(2)8(3)5-6;/h4-5H,1-3H3;/q-1;. The minimum Gasteiger partial charge on any atom is -0.208 e. The Balaban J connectivity index is 0.000000640. The van der Waals surface area contributed by atoms with Crippen molar-refractivity contribution >= 4 is 0 Å². The largest absolute Gasteiger partial charge is 0.208 e. The van der Waals surface area contributed by atoms with E-state index in [0.29, 0.717) is 0 Å². The first-order chi connectivity index (χ1) is 3.70. The van der Waals surface area contributed by atoms with E-state index in [1.165, 1.54) is 16.7 Å². The normalized spacial score (nSPS) is 8.78. The Morgan fingerprint density at radius 3 is 1.89 bits per heavy atom. The van der Waals surface area contributed by atoms with E-state index in [2.05, 4.69) is 32.9 Å². The van der Waals surface area contributed by atoms with E-state index in [-0.39, 0.29) is 26.2 Å². The number of rotatable bonds is 0. The Labute approximate surface area is 75.8 Å². The molecule has 1 heteroatoms. The monoisotopic (exact) mass is 197 g/mol. The molecule has 0 unspecified atom stereocenters. The number of hydrogen-bond acceptors (Lipinski definition) is 0. The molecule has 0 radical (unpaired) electrons. The van der Waals surface area contributed by atoms with Crippen LogP contribution in [0, 0.1) is 20.8 Å². The summed E-state index contributed by atoms with van der Waals surface area (Å²) < 4.78 is 0. The maximum absolute atomic E-state index is 2.20. The summed E-state index contributed by atoms with van der Waals surface area (Å²) >= 11 is 0. The molecule has 0 atom stereocenters. The molecule has 0 heterocycles. The molecule has 1 rings (SSSR count). The van der Waals surface area contributed by atoms with Crippen molar-refractivity contribution in [2.24, 2.45) is 0 Å². The zero-order valence-corrected chi connectivity index (χ0v) is 8.61. The van der Waals surface area contributed by atoms with Gasteiger partial charge < -0.3 is 0 Å². The Kier molecular flexibility index (Phi) is 3.50. The van der Waals surface area contributed by atoms with Crippen molar-refractivity contribution in [3.05, 3.63) is 28.8 Å². The minimum atomic E-state index is 0. The van der Waals surface area contributed by atoms with Crippen LogP contribution in [-0.4, -0.2) is 0 Å². The van der Waals surface area contributed by atoms with E-state index < -0.39 is 0 Å². The molecule has 48 valence electrons. The number of aryl methyl sites for hydroxylation is 3. The van der Waals surface area contributed by atoms with Crippen LogP contribution in [-0.2, 0) is 26.2 Å². The van der Waals surface area contributed by atoms with E-state index in [1.54, 1.807) is 0 Å². The van der Waals surface area contributed by atoms with Crippen LogP contribution in [0.5, 0.6) is 0 Å². The Morgan fingerprint density at radius 2 is 1.78 bits per heavy atom. The van der Waals surface area contributed by atoms with Crippen molar-refractivity contribution in [2.75, 3.05) is 0 Å². The van der Waals surface area contributed by atoms with E-state index in [0.717, 1.165) is 0 Å². The van der Waals surface area contributed by atoms with Crippen LogP contribution >= 0.6 is 0 Å². The van der Waals surface area contributed by atoms with Crippen LogP contribution in [0.1, 0.15) is 16.7 Å². The maximum Gasteiger partial charge on any atom is 0 e. The summed E-state index contributed by atoms with van der Waals surface area (Å²) in [6.45, 7) is 6.41. The zero-order valence-electron chi connectivity index (χ0n) is 6.15. The van der Waals surface area contributed by atoms with Crippen molar-refractivity contribution in [3.8, 4) is 0 Å². The van der Waals surface area contributed by atoms with Crippen LogP contribution in [0.4, 0.5) is 0 Å². The minimum absolute atomic E-state index is 0. The van der Waals surface area contributed by atoms with Gasteiger partial charge in [-0.05, 0) is 0 Å². The molecular formula is C8H11Zr-. The maximum atomic E-state index is 2.20. The van der Waals surface area contributed by atoms with E-state index in [1.807, 2.05) is 0 Å². The summed E-state index contributed by atoms with van der Waals surface area (Å²) in [6.07, 6.45) is 0. The first kappa shape index (κ1) is 9.23. The third kappa shape index (κ3) is 2.14. The molecule has 0 aromatic heterocycles. The smallest absolute Gasteiger partial charge is 0 e. The SMILES string of the molecule is Cc1cc(C)c(C)[cH-]1.[Zr]. The molecule has 9 heavy (non-hydrogen) atoms. The summed E-state index contributed by atoms with van der Waals surface area (Å²) in [5.41, 5.74) is 4.19. The molecule has 0 aliphatic rings. The van der Waals surface area contributed by atoms with Gasteiger partial charge in [-0.3, -0.25) is 0 Å². The summed E-state index contributed by atoms with van der Waals surface area (Å²) in [5, 5.41) is 0.